The zero-order valence-corrected chi connectivity index (χ0v) is 19.6. The Balaban J connectivity index is 1.14. The fraction of sp³-hybridized carbons (Fsp3) is 0.286. The highest BCUT2D eigenvalue weighted by Crippen LogP contribution is 2.44. The molecule has 3 aromatic carbocycles. The van der Waals surface area contributed by atoms with Gasteiger partial charge in [-0.3, -0.25) is 4.90 Å². The van der Waals surface area contributed by atoms with Crippen LogP contribution in [-0.2, 0) is 16.9 Å². The van der Waals surface area contributed by atoms with Gasteiger partial charge in [0.25, 0.3) is 0 Å². The summed E-state index contributed by atoms with van der Waals surface area (Å²) in [6, 6.07) is 20.8. The second-order valence-corrected chi connectivity index (χ2v) is 9.57. The maximum Gasteiger partial charge on any atom is 0.145 e. The van der Waals surface area contributed by atoms with Gasteiger partial charge in [0.2, 0.25) is 0 Å². The minimum Gasteiger partial charge on any atom is -0.490 e. The normalized spacial score (nSPS) is 17.4. The van der Waals surface area contributed by atoms with Crippen molar-refractivity contribution in [1.82, 2.24) is 9.47 Å². The Morgan fingerprint density at radius 3 is 2.62 bits per heavy atom. The molecule has 4 nitrogen and oxygen atoms in total. The third-order valence-corrected chi connectivity index (χ3v) is 7.41. The minimum atomic E-state index is -0.255. The number of hydrogen-bond donors (Lipinski definition) is 0. The van der Waals surface area contributed by atoms with Gasteiger partial charge in [0.05, 0.1) is 23.9 Å². The van der Waals surface area contributed by atoms with Crippen molar-refractivity contribution in [2.45, 2.75) is 25.0 Å². The Morgan fingerprint density at radius 2 is 1.79 bits per heavy atom. The average Bonchev–Trinajstić information content (AvgIpc) is 3.40. The minimum absolute atomic E-state index is 0.118. The molecule has 6 rings (SSSR count). The predicted octanol–water partition coefficient (Wildman–Crippen LogP) is 6.32. The van der Waals surface area contributed by atoms with Gasteiger partial charge in [0, 0.05) is 35.7 Å². The molecule has 6 heteroatoms. The van der Waals surface area contributed by atoms with Crippen LogP contribution in [0.4, 0.5) is 4.39 Å². The maximum atomic E-state index is 13.4. The highest BCUT2D eigenvalue weighted by molar-refractivity contribution is 6.31. The largest absolute Gasteiger partial charge is 0.490 e. The Hall–Kier alpha value is -2.86. The van der Waals surface area contributed by atoms with Crippen molar-refractivity contribution >= 4 is 22.5 Å². The van der Waals surface area contributed by atoms with Crippen molar-refractivity contribution < 1.29 is 13.9 Å². The molecule has 0 amide bonds. The number of fused-ring (bicyclic) bond motifs is 3. The summed E-state index contributed by atoms with van der Waals surface area (Å²) >= 11 is 6.28. The Morgan fingerprint density at radius 1 is 1.00 bits per heavy atom. The first-order chi connectivity index (χ1) is 16.6. The van der Waals surface area contributed by atoms with E-state index in [1.807, 2.05) is 29.0 Å². The van der Waals surface area contributed by atoms with Gasteiger partial charge >= 0.3 is 0 Å². The summed E-state index contributed by atoms with van der Waals surface area (Å²) in [6.07, 6.45) is 3.97. The number of nitrogens with zero attached hydrogens (tertiary/aromatic N) is 2. The number of rotatable bonds is 5. The second kappa shape index (κ2) is 8.73. The molecule has 0 bridgehead atoms. The van der Waals surface area contributed by atoms with E-state index in [4.69, 9.17) is 21.1 Å². The number of ether oxygens (including phenoxy) is 2. The van der Waals surface area contributed by atoms with Gasteiger partial charge in [0.1, 0.15) is 18.2 Å². The van der Waals surface area contributed by atoms with E-state index in [0.717, 1.165) is 61.4 Å². The molecule has 1 spiro atoms. The van der Waals surface area contributed by atoms with Gasteiger partial charge in [-0.05, 0) is 66.4 Å². The molecule has 2 aliphatic rings. The van der Waals surface area contributed by atoms with Crippen LogP contribution in [0.15, 0.2) is 72.9 Å². The fourth-order valence-corrected chi connectivity index (χ4v) is 5.49. The fourth-order valence-electron chi connectivity index (χ4n) is 5.32. The lowest BCUT2D eigenvalue weighted by molar-refractivity contribution is -0.0796. The van der Waals surface area contributed by atoms with Crippen LogP contribution in [0, 0.1) is 5.82 Å². The standard InChI is InChI=1S/C28H26ClFN2O2/c29-21-5-10-26-24(17-21)27(18-32(26)23-8-6-22(30)7-9-23)33-16-15-31-13-11-28(12-14-31)25-4-2-1-3-20(25)19-34-28/h1-10,17-18H,11-16,19H2. The highest BCUT2D eigenvalue weighted by Gasteiger charge is 2.42. The molecule has 0 saturated carbocycles. The van der Waals surface area contributed by atoms with Crippen LogP contribution >= 0.6 is 11.6 Å². The van der Waals surface area contributed by atoms with Crippen molar-refractivity contribution in [3.63, 3.8) is 0 Å². The third kappa shape index (κ3) is 3.88. The molecule has 4 aromatic rings. The Bertz CT molecular complexity index is 1330. The molecule has 34 heavy (non-hydrogen) atoms. The smallest absolute Gasteiger partial charge is 0.145 e. The van der Waals surface area contributed by atoms with Crippen molar-refractivity contribution in [3.8, 4) is 11.4 Å². The first-order valence-electron chi connectivity index (χ1n) is 11.8. The Kier molecular flexibility index (Phi) is 5.56. The van der Waals surface area contributed by atoms with Crippen molar-refractivity contribution in [2.24, 2.45) is 0 Å². The zero-order chi connectivity index (χ0) is 23.1. The van der Waals surface area contributed by atoms with Gasteiger partial charge in [-0.15, -0.1) is 0 Å². The van der Waals surface area contributed by atoms with Gasteiger partial charge in [-0.2, -0.15) is 0 Å². The number of piperidine rings is 1. The van der Waals surface area contributed by atoms with E-state index < -0.39 is 0 Å². The molecule has 0 N–H and O–H groups in total. The lowest BCUT2D eigenvalue weighted by atomic mass is 9.84. The van der Waals surface area contributed by atoms with Crippen LogP contribution in [0.3, 0.4) is 0 Å². The molecular formula is C28H26ClFN2O2. The van der Waals surface area contributed by atoms with Crippen LogP contribution in [-0.4, -0.2) is 35.7 Å². The van der Waals surface area contributed by atoms with Crippen LogP contribution in [0.5, 0.6) is 5.75 Å². The number of halogens is 2. The summed E-state index contributed by atoms with van der Waals surface area (Å²) < 4.78 is 28.0. The summed E-state index contributed by atoms with van der Waals surface area (Å²) in [7, 11) is 0. The van der Waals surface area contributed by atoms with E-state index in [1.165, 1.54) is 23.3 Å². The first kappa shape index (κ1) is 21.7. The maximum absolute atomic E-state index is 13.4. The average molecular weight is 477 g/mol. The number of benzene rings is 3. The molecule has 1 saturated heterocycles. The monoisotopic (exact) mass is 476 g/mol. The third-order valence-electron chi connectivity index (χ3n) is 7.18. The van der Waals surface area contributed by atoms with E-state index in [9.17, 15) is 4.39 Å². The van der Waals surface area contributed by atoms with Crippen molar-refractivity contribution in [1.29, 1.82) is 0 Å². The van der Waals surface area contributed by atoms with Gasteiger partial charge in [-0.25, -0.2) is 4.39 Å². The topological polar surface area (TPSA) is 26.6 Å². The highest BCUT2D eigenvalue weighted by atomic mass is 35.5. The molecule has 3 heterocycles. The molecule has 0 aliphatic carbocycles. The molecule has 0 radical (unpaired) electrons. The van der Waals surface area contributed by atoms with E-state index in [2.05, 4.69) is 29.2 Å². The van der Waals surface area contributed by atoms with E-state index in [-0.39, 0.29) is 11.4 Å². The summed E-state index contributed by atoms with van der Waals surface area (Å²) in [5, 5.41) is 1.61. The molecule has 174 valence electrons. The van der Waals surface area contributed by atoms with E-state index in [0.29, 0.717) is 11.6 Å². The summed E-state index contributed by atoms with van der Waals surface area (Å²) in [4.78, 5) is 2.45. The summed E-state index contributed by atoms with van der Waals surface area (Å²) in [5.74, 6) is 0.526. The molecular weight excluding hydrogens is 451 g/mol. The van der Waals surface area contributed by atoms with Gasteiger partial charge in [-0.1, -0.05) is 35.9 Å². The van der Waals surface area contributed by atoms with Gasteiger partial charge < -0.3 is 14.0 Å². The van der Waals surface area contributed by atoms with Crippen LogP contribution in [0.1, 0.15) is 24.0 Å². The first-order valence-corrected chi connectivity index (χ1v) is 12.1. The number of aromatic nitrogens is 1. The zero-order valence-electron chi connectivity index (χ0n) is 18.8. The summed E-state index contributed by atoms with van der Waals surface area (Å²) in [6.45, 7) is 4.13. The van der Waals surface area contributed by atoms with Crippen molar-refractivity contribution in [2.75, 3.05) is 26.2 Å². The molecule has 0 unspecified atom stereocenters. The van der Waals surface area contributed by atoms with Crippen LogP contribution in [0.2, 0.25) is 5.02 Å². The predicted molar refractivity (Wildman–Crippen MR) is 132 cm³/mol. The van der Waals surface area contributed by atoms with Crippen LogP contribution < -0.4 is 4.74 Å². The number of likely N-dealkylation sites (tertiary alicyclic amines) is 1. The lowest BCUT2D eigenvalue weighted by Crippen LogP contribution is -2.43. The SMILES string of the molecule is Fc1ccc(-n2cc(OCCN3CCC4(CC3)OCc3ccccc34)c3cc(Cl)ccc32)cc1. The molecule has 1 aromatic heterocycles. The summed E-state index contributed by atoms with van der Waals surface area (Å²) in [5.41, 5.74) is 4.43. The molecule has 0 atom stereocenters. The quantitative estimate of drug-likeness (QED) is 0.337. The van der Waals surface area contributed by atoms with Crippen molar-refractivity contribution in [3.05, 3.63) is 94.9 Å². The van der Waals surface area contributed by atoms with Gasteiger partial charge in [0.15, 0.2) is 0 Å². The Labute approximate surface area is 203 Å². The van der Waals surface area contributed by atoms with E-state index >= 15 is 0 Å². The molecule has 1 fully saturated rings. The second-order valence-electron chi connectivity index (χ2n) is 9.13. The van der Waals surface area contributed by atoms with E-state index in [1.54, 1.807) is 12.1 Å². The number of hydrogen-bond acceptors (Lipinski definition) is 3. The van der Waals surface area contributed by atoms with Crippen LogP contribution in [0.25, 0.3) is 16.6 Å². The lowest BCUT2D eigenvalue weighted by Gasteiger charge is -2.39. The molecule has 2 aliphatic heterocycles.